The Hall–Kier alpha value is -2.23. The summed E-state index contributed by atoms with van der Waals surface area (Å²) < 4.78 is 28.1. The van der Waals surface area contributed by atoms with Crippen molar-refractivity contribution in [3.05, 3.63) is 48.3 Å². The van der Waals surface area contributed by atoms with Crippen molar-refractivity contribution in [1.82, 2.24) is 19.4 Å². The van der Waals surface area contributed by atoms with Crippen LogP contribution < -0.4 is 11.1 Å². The van der Waals surface area contributed by atoms with Crippen molar-refractivity contribution in [1.29, 1.82) is 0 Å². The van der Waals surface area contributed by atoms with Crippen LogP contribution in [0.15, 0.2) is 47.6 Å². The predicted molar refractivity (Wildman–Crippen MR) is 101 cm³/mol. The molecule has 1 aromatic carbocycles. The van der Waals surface area contributed by atoms with Gasteiger partial charge in [-0.15, -0.1) is 0 Å². The van der Waals surface area contributed by atoms with E-state index in [4.69, 9.17) is 5.73 Å². The maximum Gasteiger partial charge on any atom is 0.246 e. The molecule has 1 aliphatic heterocycles. The van der Waals surface area contributed by atoms with Crippen LogP contribution in [0.3, 0.4) is 0 Å². The molecule has 0 radical (unpaired) electrons. The van der Waals surface area contributed by atoms with E-state index in [1.54, 1.807) is 7.05 Å². The Morgan fingerprint density at radius 1 is 1.30 bits per heavy atom. The second-order valence-electron chi connectivity index (χ2n) is 6.83. The van der Waals surface area contributed by atoms with Crippen molar-refractivity contribution >= 4 is 15.9 Å². The Labute approximate surface area is 159 Å². The summed E-state index contributed by atoms with van der Waals surface area (Å²) in [6.45, 7) is 0.714. The Bertz CT molecular complexity index is 873. The van der Waals surface area contributed by atoms with E-state index in [9.17, 15) is 13.2 Å². The number of rotatable bonds is 6. The van der Waals surface area contributed by atoms with Gasteiger partial charge in [-0.05, 0) is 24.8 Å². The molecule has 27 heavy (non-hydrogen) atoms. The summed E-state index contributed by atoms with van der Waals surface area (Å²) in [6, 6.07) is 8.94. The van der Waals surface area contributed by atoms with E-state index >= 15 is 0 Å². The number of hydrogen-bond donors (Lipinski definition) is 2. The summed E-state index contributed by atoms with van der Waals surface area (Å²) >= 11 is 0. The first-order chi connectivity index (χ1) is 12.9. The van der Waals surface area contributed by atoms with Crippen molar-refractivity contribution in [2.45, 2.75) is 36.2 Å². The molecule has 1 atom stereocenters. The molecule has 146 valence electrons. The number of benzene rings is 1. The van der Waals surface area contributed by atoms with Crippen LogP contribution in [0.25, 0.3) is 0 Å². The summed E-state index contributed by atoms with van der Waals surface area (Å²) in [5, 5.41) is 6.88. The molecule has 0 saturated carbocycles. The minimum atomic E-state index is -3.54. The van der Waals surface area contributed by atoms with Crippen molar-refractivity contribution < 1.29 is 13.2 Å². The van der Waals surface area contributed by atoms with Gasteiger partial charge in [-0.25, -0.2) is 8.42 Å². The van der Waals surface area contributed by atoms with Crippen LogP contribution in [-0.2, 0) is 28.3 Å². The van der Waals surface area contributed by atoms with Gasteiger partial charge in [0.25, 0.3) is 0 Å². The summed E-state index contributed by atoms with van der Waals surface area (Å²) in [7, 11) is -1.86. The van der Waals surface area contributed by atoms with Crippen LogP contribution in [0, 0.1) is 0 Å². The lowest BCUT2D eigenvalue weighted by molar-refractivity contribution is -0.123. The Balaban J connectivity index is 1.51. The Kier molecular flexibility index (Phi) is 5.93. The van der Waals surface area contributed by atoms with Gasteiger partial charge in [-0.2, -0.15) is 9.40 Å². The van der Waals surface area contributed by atoms with Crippen LogP contribution in [0.2, 0.25) is 0 Å². The van der Waals surface area contributed by atoms with Gasteiger partial charge in [-0.1, -0.05) is 30.3 Å². The van der Waals surface area contributed by atoms with E-state index in [2.05, 4.69) is 10.4 Å². The minimum Gasteiger partial charge on any atom is -0.352 e. The summed E-state index contributed by atoms with van der Waals surface area (Å²) in [5.74, 6) is -0.201. The maximum absolute atomic E-state index is 12.6. The maximum atomic E-state index is 12.6. The largest absolute Gasteiger partial charge is 0.352 e. The lowest BCUT2D eigenvalue weighted by Crippen LogP contribution is -2.51. The fraction of sp³-hybridized carbons (Fsp3) is 0.444. The van der Waals surface area contributed by atoms with Crippen LogP contribution in [0.5, 0.6) is 0 Å². The number of carbonyl (C=O) groups is 1. The van der Waals surface area contributed by atoms with Crippen molar-refractivity contribution in [2.75, 3.05) is 13.1 Å². The van der Waals surface area contributed by atoms with Crippen LogP contribution in [-0.4, -0.2) is 53.6 Å². The Morgan fingerprint density at radius 3 is 2.56 bits per heavy atom. The summed E-state index contributed by atoms with van der Waals surface area (Å²) in [6.07, 6.45) is 4.44. The molecular formula is C18H25N5O3S. The zero-order valence-electron chi connectivity index (χ0n) is 15.3. The molecule has 2 heterocycles. The molecule has 0 unspecified atom stereocenters. The highest BCUT2D eigenvalue weighted by atomic mass is 32.2. The molecular weight excluding hydrogens is 366 g/mol. The highest BCUT2D eigenvalue weighted by molar-refractivity contribution is 7.89. The number of aryl methyl sites for hydroxylation is 1. The molecule has 9 heteroatoms. The third kappa shape index (κ3) is 4.74. The first kappa shape index (κ1) is 19.5. The summed E-state index contributed by atoms with van der Waals surface area (Å²) in [4.78, 5) is 12.5. The highest BCUT2D eigenvalue weighted by Crippen LogP contribution is 2.20. The number of piperidine rings is 1. The third-order valence-electron chi connectivity index (χ3n) is 4.75. The molecule has 1 fully saturated rings. The van der Waals surface area contributed by atoms with E-state index in [0.29, 0.717) is 32.4 Å². The van der Waals surface area contributed by atoms with Crippen LogP contribution >= 0.6 is 0 Å². The van der Waals surface area contributed by atoms with Gasteiger partial charge >= 0.3 is 0 Å². The van der Waals surface area contributed by atoms with Gasteiger partial charge in [0.2, 0.25) is 15.9 Å². The number of carbonyl (C=O) groups excluding carboxylic acids is 1. The van der Waals surface area contributed by atoms with Gasteiger partial charge in [0.05, 0.1) is 12.2 Å². The van der Waals surface area contributed by atoms with Gasteiger partial charge in [-0.3, -0.25) is 9.48 Å². The lowest BCUT2D eigenvalue weighted by atomic mass is 10.0. The molecule has 1 saturated heterocycles. The second-order valence-corrected chi connectivity index (χ2v) is 8.77. The first-order valence-corrected chi connectivity index (χ1v) is 10.4. The van der Waals surface area contributed by atoms with E-state index in [1.165, 1.54) is 21.4 Å². The molecule has 1 aromatic heterocycles. The number of hydrogen-bond acceptors (Lipinski definition) is 5. The molecule has 1 aliphatic rings. The van der Waals surface area contributed by atoms with Crippen molar-refractivity contribution in [3.8, 4) is 0 Å². The standard InChI is InChI=1S/C18H25N5O3S/c1-22-13-16(12-20-22)27(25,26)23-9-7-15(8-10-23)21-18(24)17(19)11-14-5-3-2-4-6-14/h2-6,12-13,15,17H,7-11,19H2,1H3,(H,21,24)/t17-/m0/s1. The van der Waals surface area contributed by atoms with E-state index in [0.717, 1.165) is 5.56 Å². The topological polar surface area (TPSA) is 110 Å². The van der Waals surface area contributed by atoms with Crippen LogP contribution in [0.1, 0.15) is 18.4 Å². The minimum absolute atomic E-state index is 0.0697. The quantitative estimate of drug-likeness (QED) is 0.734. The first-order valence-electron chi connectivity index (χ1n) is 8.95. The highest BCUT2D eigenvalue weighted by Gasteiger charge is 2.31. The Morgan fingerprint density at radius 2 is 1.96 bits per heavy atom. The van der Waals surface area contributed by atoms with Crippen molar-refractivity contribution in [3.63, 3.8) is 0 Å². The summed E-state index contributed by atoms with van der Waals surface area (Å²) in [5.41, 5.74) is 7.03. The van der Waals surface area contributed by atoms with Gasteiger partial charge in [0.15, 0.2) is 0 Å². The molecule has 8 nitrogen and oxygen atoms in total. The monoisotopic (exact) mass is 391 g/mol. The van der Waals surface area contributed by atoms with Crippen LogP contribution in [0.4, 0.5) is 0 Å². The number of amides is 1. The zero-order chi connectivity index (χ0) is 19.4. The molecule has 1 amide bonds. The average Bonchev–Trinajstić information content (AvgIpc) is 3.10. The molecule has 0 spiro atoms. The van der Waals surface area contributed by atoms with E-state index < -0.39 is 16.1 Å². The van der Waals surface area contributed by atoms with Gasteiger partial charge in [0.1, 0.15) is 4.90 Å². The lowest BCUT2D eigenvalue weighted by Gasteiger charge is -2.31. The van der Waals surface area contributed by atoms with E-state index in [1.807, 2.05) is 30.3 Å². The third-order valence-corrected chi connectivity index (χ3v) is 6.61. The number of nitrogens with two attached hydrogens (primary N) is 1. The smallest absolute Gasteiger partial charge is 0.246 e. The number of aromatic nitrogens is 2. The fourth-order valence-corrected chi connectivity index (χ4v) is 4.65. The second kappa shape index (κ2) is 8.20. The van der Waals surface area contributed by atoms with Gasteiger partial charge < -0.3 is 11.1 Å². The number of nitrogens with zero attached hydrogens (tertiary/aromatic N) is 3. The molecule has 3 rings (SSSR count). The molecule has 0 bridgehead atoms. The molecule has 2 aromatic rings. The number of sulfonamides is 1. The van der Waals surface area contributed by atoms with Crippen molar-refractivity contribution in [2.24, 2.45) is 12.8 Å². The fourth-order valence-electron chi connectivity index (χ4n) is 3.19. The molecule has 0 aliphatic carbocycles. The molecule has 3 N–H and O–H groups in total. The van der Waals surface area contributed by atoms with E-state index in [-0.39, 0.29) is 16.8 Å². The number of nitrogens with one attached hydrogen (secondary N) is 1. The van der Waals surface area contributed by atoms with Gasteiger partial charge in [0, 0.05) is 32.4 Å². The zero-order valence-corrected chi connectivity index (χ0v) is 16.1. The average molecular weight is 391 g/mol. The normalized spacial score (nSPS) is 17.6. The predicted octanol–water partition coefficient (Wildman–Crippen LogP) is 0.259. The SMILES string of the molecule is Cn1cc(S(=O)(=O)N2CCC(NC(=O)[C@@H](N)Cc3ccccc3)CC2)cn1.